The first-order valence-corrected chi connectivity index (χ1v) is 6.89. The molecule has 0 aliphatic rings. The summed E-state index contributed by atoms with van der Waals surface area (Å²) < 4.78 is 15.4. The van der Waals surface area contributed by atoms with Gasteiger partial charge in [0.1, 0.15) is 11.6 Å². The summed E-state index contributed by atoms with van der Waals surface area (Å²) in [4.78, 5) is 16.3. The van der Waals surface area contributed by atoms with Crippen LogP contribution in [0.25, 0.3) is 0 Å². The van der Waals surface area contributed by atoms with Crippen LogP contribution in [0, 0.1) is 5.82 Å². The normalized spacial score (nSPS) is 10.7. The number of carbonyl (C=O) groups is 1. The predicted octanol–water partition coefficient (Wildman–Crippen LogP) is 3.62. The highest BCUT2D eigenvalue weighted by atomic mass is 79.9. The van der Waals surface area contributed by atoms with E-state index in [4.69, 9.17) is 0 Å². The minimum Gasteiger partial charge on any atom is -0.335 e. The van der Waals surface area contributed by atoms with Crippen LogP contribution >= 0.6 is 15.9 Å². The monoisotopic (exact) mass is 324 g/mol. The van der Waals surface area contributed by atoms with Crippen LogP contribution in [-0.4, -0.2) is 15.3 Å². The summed E-state index contributed by atoms with van der Waals surface area (Å²) in [5.74, 6) is 0.306. The van der Waals surface area contributed by atoms with Crippen molar-refractivity contribution in [1.29, 1.82) is 0 Å². The smallest absolute Gasteiger partial charge is 0.170 e. The Morgan fingerprint density at radius 2 is 2.26 bits per heavy atom. The molecule has 2 aromatic rings. The Morgan fingerprint density at radius 3 is 2.95 bits per heavy atom. The molecule has 0 radical (unpaired) electrons. The summed E-state index contributed by atoms with van der Waals surface area (Å²) in [7, 11) is 0. The number of hydrogen-bond donors (Lipinski definition) is 0. The fraction of sp³-hybridized carbons (Fsp3) is 0.286. The van der Waals surface area contributed by atoms with Crippen molar-refractivity contribution in [1.82, 2.24) is 9.55 Å². The molecule has 0 atom stereocenters. The first kappa shape index (κ1) is 13.9. The van der Waals surface area contributed by atoms with E-state index in [1.165, 1.54) is 18.2 Å². The van der Waals surface area contributed by atoms with E-state index in [0.29, 0.717) is 10.0 Å². The number of nitrogens with zero attached hydrogens (tertiary/aromatic N) is 2. The Morgan fingerprint density at radius 1 is 1.47 bits per heavy atom. The van der Waals surface area contributed by atoms with Gasteiger partial charge in [0.2, 0.25) is 0 Å². The number of ketones is 1. The van der Waals surface area contributed by atoms with E-state index in [0.717, 1.165) is 18.8 Å². The molecule has 0 fully saturated rings. The van der Waals surface area contributed by atoms with Gasteiger partial charge in [-0.25, -0.2) is 9.37 Å². The number of hydrogen-bond acceptors (Lipinski definition) is 2. The van der Waals surface area contributed by atoms with Crippen molar-refractivity contribution in [3.05, 3.63) is 52.3 Å². The standard InChI is InChI=1S/C14H14BrFN2O/c1-2-6-18-7-5-17-14(18)9-13(19)10-3-4-12(16)11(15)8-10/h3-5,7-8H,2,6,9H2,1H3. The van der Waals surface area contributed by atoms with E-state index in [-0.39, 0.29) is 18.0 Å². The molecule has 1 aromatic heterocycles. The van der Waals surface area contributed by atoms with Crippen LogP contribution in [0.2, 0.25) is 0 Å². The lowest BCUT2D eigenvalue weighted by molar-refractivity contribution is 0.0989. The second-order valence-corrected chi connectivity index (χ2v) is 5.12. The third kappa shape index (κ3) is 3.29. The summed E-state index contributed by atoms with van der Waals surface area (Å²) in [5, 5.41) is 0. The van der Waals surface area contributed by atoms with Gasteiger partial charge in [0.05, 0.1) is 10.9 Å². The van der Waals surface area contributed by atoms with Crippen molar-refractivity contribution in [2.75, 3.05) is 0 Å². The zero-order valence-electron chi connectivity index (χ0n) is 10.6. The van der Waals surface area contributed by atoms with Gasteiger partial charge in [0.15, 0.2) is 5.78 Å². The lowest BCUT2D eigenvalue weighted by atomic mass is 10.1. The van der Waals surface area contributed by atoms with Crippen LogP contribution in [-0.2, 0) is 13.0 Å². The van der Waals surface area contributed by atoms with E-state index in [1.54, 1.807) is 6.20 Å². The van der Waals surface area contributed by atoms with Gasteiger partial charge in [-0.3, -0.25) is 4.79 Å². The average Bonchev–Trinajstić information content (AvgIpc) is 2.80. The van der Waals surface area contributed by atoms with Gasteiger partial charge in [-0.05, 0) is 40.5 Å². The minimum absolute atomic E-state index is 0.0655. The maximum atomic E-state index is 13.1. The Balaban J connectivity index is 2.16. The molecule has 1 heterocycles. The fourth-order valence-electron chi connectivity index (χ4n) is 1.87. The average molecular weight is 325 g/mol. The van der Waals surface area contributed by atoms with E-state index >= 15 is 0 Å². The van der Waals surface area contributed by atoms with Gasteiger partial charge >= 0.3 is 0 Å². The lowest BCUT2D eigenvalue weighted by Gasteiger charge is -2.06. The van der Waals surface area contributed by atoms with Crippen LogP contribution in [0.5, 0.6) is 0 Å². The minimum atomic E-state index is -0.371. The Kier molecular flexibility index (Phi) is 4.47. The van der Waals surface area contributed by atoms with Crippen molar-refractivity contribution in [2.45, 2.75) is 26.3 Å². The number of rotatable bonds is 5. The molecule has 3 nitrogen and oxygen atoms in total. The molecule has 5 heteroatoms. The number of imidazole rings is 1. The Hall–Kier alpha value is -1.49. The van der Waals surface area contributed by atoms with Gasteiger partial charge in [-0.15, -0.1) is 0 Å². The quantitative estimate of drug-likeness (QED) is 0.787. The van der Waals surface area contributed by atoms with Crippen LogP contribution in [0.15, 0.2) is 35.1 Å². The topological polar surface area (TPSA) is 34.9 Å². The third-order valence-corrected chi connectivity index (χ3v) is 3.43. The first-order chi connectivity index (χ1) is 9.11. The van der Waals surface area contributed by atoms with Gasteiger partial charge in [-0.1, -0.05) is 6.92 Å². The molecule has 0 N–H and O–H groups in total. The third-order valence-electron chi connectivity index (χ3n) is 2.83. The summed E-state index contributed by atoms with van der Waals surface area (Å²) in [5.41, 5.74) is 0.485. The molecular formula is C14H14BrFN2O. The predicted molar refractivity (Wildman–Crippen MR) is 74.7 cm³/mol. The highest BCUT2D eigenvalue weighted by Gasteiger charge is 2.12. The molecule has 0 saturated carbocycles. The second kappa shape index (κ2) is 6.10. The van der Waals surface area contributed by atoms with Crippen molar-refractivity contribution in [2.24, 2.45) is 0 Å². The van der Waals surface area contributed by atoms with E-state index in [2.05, 4.69) is 27.8 Å². The molecule has 0 bridgehead atoms. The van der Waals surface area contributed by atoms with Crippen molar-refractivity contribution in [3.63, 3.8) is 0 Å². The molecule has 0 aliphatic heterocycles. The highest BCUT2D eigenvalue weighted by Crippen LogP contribution is 2.18. The van der Waals surface area contributed by atoms with Crippen molar-refractivity contribution >= 4 is 21.7 Å². The van der Waals surface area contributed by atoms with Gasteiger partial charge in [-0.2, -0.15) is 0 Å². The zero-order valence-corrected chi connectivity index (χ0v) is 12.2. The summed E-state index contributed by atoms with van der Waals surface area (Å²) >= 11 is 3.08. The van der Waals surface area contributed by atoms with Crippen LogP contribution in [0.1, 0.15) is 29.5 Å². The van der Waals surface area contributed by atoms with E-state index in [9.17, 15) is 9.18 Å². The SMILES string of the molecule is CCCn1ccnc1CC(=O)c1ccc(F)c(Br)c1. The number of carbonyl (C=O) groups excluding carboxylic acids is 1. The molecule has 0 saturated heterocycles. The molecule has 19 heavy (non-hydrogen) atoms. The fourth-order valence-corrected chi connectivity index (χ4v) is 2.25. The van der Waals surface area contributed by atoms with Crippen LogP contribution < -0.4 is 0 Å². The molecule has 0 aliphatic carbocycles. The largest absolute Gasteiger partial charge is 0.335 e. The summed E-state index contributed by atoms with van der Waals surface area (Å²) in [6, 6.07) is 4.29. The Labute approximate surface area is 119 Å². The van der Waals surface area contributed by atoms with Gasteiger partial charge in [0.25, 0.3) is 0 Å². The number of Topliss-reactive ketones (excluding diaryl/α,β-unsaturated/α-hetero) is 1. The molecule has 100 valence electrons. The number of aryl methyl sites for hydroxylation is 1. The number of benzene rings is 1. The highest BCUT2D eigenvalue weighted by molar-refractivity contribution is 9.10. The number of aromatic nitrogens is 2. The molecular weight excluding hydrogens is 311 g/mol. The maximum absolute atomic E-state index is 13.1. The van der Waals surface area contributed by atoms with E-state index < -0.39 is 0 Å². The number of halogens is 2. The molecule has 0 spiro atoms. The first-order valence-electron chi connectivity index (χ1n) is 6.10. The van der Waals surface area contributed by atoms with Crippen LogP contribution in [0.4, 0.5) is 4.39 Å². The Bertz CT molecular complexity index is 595. The summed E-state index contributed by atoms with van der Waals surface area (Å²) in [6.07, 6.45) is 4.77. The van der Waals surface area contributed by atoms with Crippen LogP contribution in [0.3, 0.4) is 0 Å². The zero-order chi connectivity index (χ0) is 13.8. The molecule has 0 amide bonds. The lowest BCUT2D eigenvalue weighted by Crippen LogP contribution is -2.10. The maximum Gasteiger partial charge on any atom is 0.170 e. The second-order valence-electron chi connectivity index (χ2n) is 4.27. The van der Waals surface area contributed by atoms with E-state index in [1.807, 2.05) is 10.8 Å². The van der Waals surface area contributed by atoms with Crippen molar-refractivity contribution < 1.29 is 9.18 Å². The van der Waals surface area contributed by atoms with Gasteiger partial charge < -0.3 is 4.57 Å². The summed E-state index contributed by atoms with van der Waals surface area (Å²) in [6.45, 7) is 2.92. The molecule has 2 rings (SSSR count). The van der Waals surface area contributed by atoms with Crippen molar-refractivity contribution in [3.8, 4) is 0 Å². The van der Waals surface area contributed by atoms with Gasteiger partial charge in [0, 0.05) is 24.5 Å². The molecule has 1 aromatic carbocycles. The molecule has 0 unspecified atom stereocenters.